The van der Waals surface area contributed by atoms with Crippen LogP contribution in [0.3, 0.4) is 0 Å². The van der Waals surface area contributed by atoms with E-state index in [4.69, 9.17) is 19.4 Å². The number of carbonyl (C=O) groups is 1. The highest BCUT2D eigenvalue weighted by Gasteiger charge is 2.40. The van der Waals surface area contributed by atoms with Crippen LogP contribution in [0.25, 0.3) is 5.70 Å². The van der Waals surface area contributed by atoms with Gasteiger partial charge in [0.15, 0.2) is 0 Å². The maximum Gasteiger partial charge on any atom is 0.364 e. The third kappa shape index (κ3) is 5.85. The molecule has 0 unspecified atom stereocenters. The van der Waals surface area contributed by atoms with Crippen molar-refractivity contribution in [1.82, 2.24) is 5.48 Å². The van der Waals surface area contributed by atoms with E-state index in [-0.39, 0.29) is 5.92 Å². The van der Waals surface area contributed by atoms with E-state index in [1.807, 2.05) is 31.2 Å². The first-order valence-corrected chi connectivity index (χ1v) is 8.56. The van der Waals surface area contributed by atoms with Gasteiger partial charge in [-0.2, -0.15) is 0 Å². The number of aryl methyl sites for hydroxylation is 1. The van der Waals surface area contributed by atoms with Gasteiger partial charge in [-0.25, -0.2) is 4.79 Å². The van der Waals surface area contributed by atoms with Gasteiger partial charge in [0.25, 0.3) is 5.79 Å². The maximum atomic E-state index is 11.0. The fourth-order valence-corrected chi connectivity index (χ4v) is 2.49. The number of hydrogen-bond acceptors (Lipinski definition) is 5. The van der Waals surface area contributed by atoms with E-state index < -0.39 is 11.8 Å². The van der Waals surface area contributed by atoms with Crippen LogP contribution in [-0.4, -0.2) is 36.7 Å². The molecular formula is C19H27NO5. The number of carboxylic acid groups (broad SMARTS) is 1. The molecule has 0 saturated carbocycles. The van der Waals surface area contributed by atoms with Crippen molar-refractivity contribution in [3.63, 3.8) is 0 Å². The lowest BCUT2D eigenvalue weighted by atomic mass is 10.0. The molecule has 0 radical (unpaired) electrons. The van der Waals surface area contributed by atoms with Crippen LogP contribution in [0.2, 0.25) is 0 Å². The Labute approximate surface area is 148 Å². The molecule has 6 nitrogen and oxygen atoms in total. The molecule has 0 aromatic heterocycles. The fourth-order valence-electron chi connectivity index (χ4n) is 2.49. The number of rotatable bonds is 9. The van der Waals surface area contributed by atoms with E-state index in [0.29, 0.717) is 19.8 Å². The number of nitrogens with one attached hydrogen (secondary N) is 1. The van der Waals surface area contributed by atoms with Crippen molar-refractivity contribution in [3.8, 4) is 0 Å². The van der Waals surface area contributed by atoms with Crippen molar-refractivity contribution < 1.29 is 24.2 Å². The molecule has 1 aliphatic rings. The minimum Gasteiger partial charge on any atom is -0.477 e. The first kappa shape index (κ1) is 19.4. The van der Waals surface area contributed by atoms with Gasteiger partial charge in [-0.1, -0.05) is 42.8 Å². The average Bonchev–Trinajstić information content (AvgIpc) is 2.60. The lowest BCUT2D eigenvalue weighted by Crippen LogP contribution is -2.47. The number of unbranched alkanes of at least 4 members (excludes halogenated alkanes) is 1. The highest BCUT2D eigenvalue weighted by atomic mass is 16.7. The Morgan fingerprint density at radius 2 is 1.96 bits per heavy atom. The van der Waals surface area contributed by atoms with E-state index in [2.05, 4.69) is 12.1 Å². The van der Waals surface area contributed by atoms with Crippen LogP contribution in [0.5, 0.6) is 0 Å². The zero-order valence-electron chi connectivity index (χ0n) is 14.9. The molecule has 1 saturated heterocycles. The Kier molecular flexibility index (Phi) is 6.99. The molecule has 2 rings (SSSR count). The summed E-state index contributed by atoms with van der Waals surface area (Å²) in [5.74, 6) is -2.36. The predicted octanol–water partition coefficient (Wildman–Crippen LogP) is 3.12. The topological polar surface area (TPSA) is 77.0 Å². The Morgan fingerprint density at radius 1 is 1.32 bits per heavy atom. The Hall–Kier alpha value is -1.89. The fraction of sp³-hybridized carbons (Fsp3) is 0.526. The number of hydrogen-bond donors (Lipinski definition) is 2. The van der Waals surface area contributed by atoms with E-state index >= 15 is 0 Å². The van der Waals surface area contributed by atoms with Gasteiger partial charge in [-0.05, 0) is 25.3 Å². The van der Waals surface area contributed by atoms with Crippen LogP contribution in [0.15, 0.2) is 30.8 Å². The van der Waals surface area contributed by atoms with Gasteiger partial charge >= 0.3 is 5.97 Å². The molecule has 138 valence electrons. The number of hydroxylamine groups is 1. The van der Waals surface area contributed by atoms with Crippen LogP contribution in [0.4, 0.5) is 0 Å². The summed E-state index contributed by atoms with van der Waals surface area (Å²) in [6, 6.07) is 8.07. The molecule has 0 amide bonds. The second-order valence-corrected chi connectivity index (χ2v) is 6.53. The largest absolute Gasteiger partial charge is 0.477 e. The van der Waals surface area contributed by atoms with E-state index in [1.165, 1.54) is 12.5 Å². The maximum absolute atomic E-state index is 11.0. The molecule has 6 heteroatoms. The lowest BCUT2D eigenvalue weighted by molar-refractivity contribution is -0.271. The SMILES string of the molecule is C=C(NOCCCCC1COC(C)(C(=O)O)OC1)c1ccc(C)cc1. The highest BCUT2D eigenvalue weighted by molar-refractivity contribution is 5.75. The number of carboxylic acids is 1. The molecule has 2 N–H and O–H groups in total. The Morgan fingerprint density at radius 3 is 2.56 bits per heavy atom. The molecule has 1 heterocycles. The van der Waals surface area contributed by atoms with Crippen molar-refractivity contribution in [2.24, 2.45) is 5.92 Å². The van der Waals surface area contributed by atoms with Gasteiger partial charge in [-0.15, -0.1) is 0 Å². The summed E-state index contributed by atoms with van der Waals surface area (Å²) in [5, 5.41) is 9.02. The van der Waals surface area contributed by atoms with Crippen LogP contribution >= 0.6 is 0 Å². The van der Waals surface area contributed by atoms with Gasteiger partial charge in [0.1, 0.15) is 0 Å². The third-order valence-electron chi connectivity index (χ3n) is 4.28. The van der Waals surface area contributed by atoms with Crippen molar-refractivity contribution in [2.75, 3.05) is 19.8 Å². The number of aliphatic carboxylic acids is 1. The van der Waals surface area contributed by atoms with Gasteiger partial charge in [0, 0.05) is 12.8 Å². The number of ether oxygens (including phenoxy) is 2. The van der Waals surface area contributed by atoms with E-state index in [9.17, 15) is 4.79 Å². The smallest absolute Gasteiger partial charge is 0.364 e. The number of benzene rings is 1. The van der Waals surface area contributed by atoms with Crippen molar-refractivity contribution >= 4 is 11.7 Å². The molecule has 0 bridgehead atoms. The second kappa shape index (κ2) is 8.99. The predicted molar refractivity (Wildman–Crippen MR) is 94.6 cm³/mol. The summed E-state index contributed by atoms with van der Waals surface area (Å²) in [6.45, 7) is 8.83. The first-order chi connectivity index (χ1) is 11.9. The molecule has 1 aromatic carbocycles. The normalized spacial score (nSPS) is 23.2. The van der Waals surface area contributed by atoms with Crippen LogP contribution in [-0.2, 0) is 19.1 Å². The standard InChI is InChI=1S/C19H27NO5/c1-14-7-9-17(10-8-14)15(2)20-25-11-5-4-6-16-12-23-19(3,18(21)22)24-13-16/h7-10,16,20H,2,4-6,11-13H2,1,3H3,(H,21,22). The molecule has 0 aliphatic carbocycles. The average molecular weight is 349 g/mol. The van der Waals surface area contributed by atoms with Crippen LogP contribution in [0, 0.1) is 12.8 Å². The molecule has 25 heavy (non-hydrogen) atoms. The molecular weight excluding hydrogens is 322 g/mol. The second-order valence-electron chi connectivity index (χ2n) is 6.53. The molecule has 1 fully saturated rings. The summed E-state index contributed by atoms with van der Waals surface area (Å²) in [7, 11) is 0. The Bertz CT molecular complexity index is 576. The molecule has 1 aromatic rings. The monoisotopic (exact) mass is 349 g/mol. The molecule has 0 atom stereocenters. The van der Waals surface area contributed by atoms with Gasteiger partial charge in [0.05, 0.1) is 25.5 Å². The van der Waals surface area contributed by atoms with E-state index in [0.717, 1.165) is 30.5 Å². The Balaban J connectivity index is 1.55. The van der Waals surface area contributed by atoms with Crippen molar-refractivity contribution in [2.45, 2.75) is 38.9 Å². The minimum absolute atomic E-state index is 0.225. The van der Waals surface area contributed by atoms with E-state index in [1.54, 1.807) is 0 Å². The quantitative estimate of drug-likeness (QED) is 0.527. The zero-order valence-corrected chi connectivity index (χ0v) is 14.9. The minimum atomic E-state index is -1.50. The van der Waals surface area contributed by atoms with Gasteiger partial charge in [-0.3, -0.25) is 10.3 Å². The summed E-state index contributed by atoms with van der Waals surface area (Å²) in [4.78, 5) is 16.5. The van der Waals surface area contributed by atoms with Gasteiger partial charge < -0.3 is 14.6 Å². The van der Waals surface area contributed by atoms with Crippen LogP contribution < -0.4 is 5.48 Å². The van der Waals surface area contributed by atoms with Gasteiger partial charge in [0.2, 0.25) is 0 Å². The summed E-state index contributed by atoms with van der Waals surface area (Å²) >= 11 is 0. The van der Waals surface area contributed by atoms with Crippen molar-refractivity contribution in [1.29, 1.82) is 0 Å². The summed E-state index contributed by atoms with van der Waals surface area (Å²) in [5.41, 5.74) is 5.82. The summed E-state index contributed by atoms with van der Waals surface area (Å²) in [6.07, 6.45) is 2.76. The lowest BCUT2D eigenvalue weighted by Gasteiger charge is -2.34. The summed E-state index contributed by atoms with van der Waals surface area (Å²) < 4.78 is 10.7. The third-order valence-corrected chi connectivity index (χ3v) is 4.28. The van der Waals surface area contributed by atoms with Crippen LogP contribution in [0.1, 0.15) is 37.3 Å². The first-order valence-electron chi connectivity index (χ1n) is 8.56. The highest BCUT2D eigenvalue weighted by Crippen LogP contribution is 2.24. The zero-order chi connectivity index (χ0) is 18.3. The molecule has 0 spiro atoms. The molecule has 1 aliphatic heterocycles. The van der Waals surface area contributed by atoms with Crippen molar-refractivity contribution in [3.05, 3.63) is 42.0 Å².